The zero-order valence-corrected chi connectivity index (χ0v) is 20.4. The maximum absolute atomic E-state index is 12.5. The summed E-state index contributed by atoms with van der Waals surface area (Å²) in [4.78, 5) is 27.1. The van der Waals surface area contributed by atoms with Crippen LogP contribution in [-0.2, 0) is 4.79 Å². The lowest BCUT2D eigenvalue weighted by Gasteiger charge is -2.23. The van der Waals surface area contributed by atoms with E-state index in [1.165, 1.54) is 23.1 Å². The average molecular weight is 546 g/mol. The van der Waals surface area contributed by atoms with E-state index >= 15 is 0 Å². The highest BCUT2D eigenvalue weighted by Gasteiger charge is 2.75. The number of imidazole rings is 1. The van der Waals surface area contributed by atoms with Gasteiger partial charge in [0.05, 0.1) is 38.7 Å². The number of aliphatic hydroxyl groups excluding tert-OH is 2. The zero-order valence-electron chi connectivity index (χ0n) is 18.0. The first-order chi connectivity index (χ1) is 16.4. The summed E-state index contributed by atoms with van der Waals surface area (Å²) >= 11 is 4.99. The molecule has 4 aromatic rings. The molecule has 2 saturated carbocycles. The van der Waals surface area contributed by atoms with Crippen LogP contribution in [0.3, 0.4) is 0 Å². The van der Waals surface area contributed by atoms with E-state index in [0.29, 0.717) is 29.1 Å². The summed E-state index contributed by atoms with van der Waals surface area (Å²) in [5.41, 5.74) is 0.656. The zero-order chi connectivity index (χ0) is 23.8. The molecule has 5 atom stereocenters. The van der Waals surface area contributed by atoms with Crippen LogP contribution in [0.15, 0.2) is 28.4 Å². The number of nitrogens with zero attached hydrogens (tertiary/aromatic N) is 7. The molecule has 4 N–H and O–H groups in total. The van der Waals surface area contributed by atoms with Crippen molar-refractivity contribution in [1.29, 1.82) is 0 Å². The molecule has 4 aromatic heterocycles. The fraction of sp³-hybridized carbons (Fsp3) is 0.400. The Labute approximate surface area is 205 Å². The summed E-state index contributed by atoms with van der Waals surface area (Å²) in [6.45, 7) is 0. The lowest BCUT2D eigenvalue weighted by Crippen LogP contribution is -2.41. The molecule has 176 valence electrons. The number of carbonyl (C=O) groups excluding carboxylic acids is 1. The van der Waals surface area contributed by atoms with E-state index in [0.717, 1.165) is 8.66 Å². The highest BCUT2D eigenvalue weighted by atomic mass is 79.9. The Bertz CT molecular complexity index is 1430. The Morgan fingerprint density at radius 1 is 1.29 bits per heavy atom. The molecular weight excluding hydrogens is 526 g/mol. The molecule has 2 aliphatic rings. The van der Waals surface area contributed by atoms with Crippen molar-refractivity contribution in [3.8, 4) is 16.5 Å². The summed E-state index contributed by atoms with van der Waals surface area (Å²) in [5.74, 6) is 0.254. The van der Waals surface area contributed by atoms with Crippen molar-refractivity contribution in [3.63, 3.8) is 0 Å². The molecular formula is C20H20BrN9O3S. The lowest BCUT2D eigenvalue weighted by atomic mass is 9.98. The monoisotopic (exact) mass is 545 g/mol. The standard InChI is InChI=1S/C20H20BrN9O3S/c1-22-16-12-17(26-19(25-16)30-6-9(27-28-30)10-3-4-11(21)34-10)29(7-24-12)13-8-5-20(8,18(33)23-2)15(32)14(13)31/h3-4,6-8,13-15,31-32H,5H2,1-2H3,(H,23,33)(H,22,25,26)/t8?,13-,14?,15+,20-/m1/s1. The van der Waals surface area contributed by atoms with E-state index in [9.17, 15) is 15.0 Å². The number of halogens is 1. The van der Waals surface area contributed by atoms with Gasteiger partial charge in [0.2, 0.25) is 5.91 Å². The largest absolute Gasteiger partial charge is 0.389 e. The van der Waals surface area contributed by atoms with Gasteiger partial charge < -0.3 is 25.4 Å². The third-order valence-corrected chi connectivity index (χ3v) is 8.46. The summed E-state index contributed by atoms with van der Waals surface area (Å²) in [6, 6.07) is 3.33. The first kappa shape index (κ1) is 21.6. The number of amides is 1. The topological polar surface area (TPSA) is 156 Å². The van der Waals surface area contributed by atoms with E-state index in [-0.39, 0.29) is 17.8 Å². The maximum atomic E-state index is 12.5. The molecule has 0 aromatic carbocycles. The second-order valence-corrected chi connectivity index (χ2v) is 10.9. The highest BCUT2D eigenvalue weighted by Crippen LogP contribution is 2.67. The predicted octanol–water partition coefficient (Wildman–Crippen LogP) is 0.968. The lowest BCUT2D eigenvalue weighted by molar-refractivity contribution is -0.132. The van der Waals surface area contributed by atoms with E-state index in [1.54, 1.807) is 24.1 Å². The van der Waals surface area contributed by atoms with Gasteiger partial charge in [-0.25, -0.2) is 4.98 Å². The minimum Gasteiger partial charge on any atom is -0.389 e. The van der Waals surface area contributed by atoms with Crippen LogP contribution in [-0.4, -0.2) is 76.9 Å². The highest BCUT2D eigenvalue weighted by molar-refractivity contribution is 9.11. The molecule has 2 fully saturated rings. The van der Waals surface area contributed by atoms with Gasteiger partial charge in [-0.3, -0.25) is 4.79 Å². The Balaban J connectivity index is 1.43. The first-order valence-corrected chi connectivity index (χ1v) is 12.2. The van der Waals surface area contributed by atoms with Crippen molar-refractivity contribution in [3.05, 3.63) is 28.4 Å². The molecule has 2 aliphatic carbocycles. The Hall–Kier alpha value is -2.94. The van der Waals surface area contributed by atoms with E-state index < -0.39 is 23.7 Å². The molecule has 0 bridgehead atoms. The van der Waals surface area contributed by atoms with Gasteiger partial charge >= 0.3 is 0 Å². The fourth-order valence-electron chi connectivity index (χ4n) is 5.11. The molecule has 6 rings (SSSR count). The molecule has 0 spiro atoms. The van der Waals surface area contributed by atoms with Crippen LogP contribution < -0.4 is 10.6 Å². The smallest absolute Gasteiger partial charge is 0.256 e. The Morgan fingerprint density at radius 2 is 2.12 bits per heavy atom. The van der Waals surface area contributed by atoms with Crippen molar-refractivity contribution in [2.24, 2.45) is 11.3 Å². The van der Waals surface area contributed by atoms with Gasteiger partial charge in [-0.15, -0.1) is 16.4 Å². The summed E-state index contributed by atoms with van der Waals surface area (Å²) in [5, 5.41) is 35.7. The number of thiophene rings is 1. The number of carbonyl (C=O) groups is 1. The molecule has 4 heterocycles. The third-order valence-electron chi connectivity index (χ3n) is 6.81. The summed E-state index contributed by atoms with van der Waals surface area (Å²) in [6.07, 6.45) is 1.48. The van der Waals surface area contributed by atoms with Crippen LogP contribution >= 0.6 is 27.3 Å². The Morgan fingerprint density at radius 3 is 2.82 bits per heavy atom. The first-order valence-electron chi connectivity index (χ1n) is 10.6. The number of nitrogens with one attached hydrogen (secondary N) is 2. The number of aromatic nitrogens is 7. The normalized spacial score (nSPS) is 27.7. The van der Waals surface area contributed by atoms with Crippen molar-refractivity contribution < 1.29 is 15.0 Å². The van der Waals surface area contributed by atoms with Crippen molar-refractivity contribution in [2.45, 2.75) is 24.7 Å². The van der Waals surface area contributed by atoms with Crippen LogP contribution in [0.1, 0.15) is 12.5 Å². The second-order valence-electron chi connectivity index (χ2n) is 8.45. The fourth-order valence-corrected chi connectivity index (χ4v) is 6.45. The van der Waals surface area contributed by atoms with Gasteiger partial charge in [0.1, 0.15) is 11.8 Å². The van der Waals surface area contributed by atoms with Gasteiger partial charge in [-0.1, -0.05) is 5.21 Å². The number of fused-ring (bicyclic) bond motifs is 2. The molecule has 2 unspecified atom stereocenters. The van der Waals surface area contributed by atoms with Crippen LogP contribution in [0.5, 0.6) is 0 Å². The maximum Gasteiger partial charge on any atom is 0.256 e. The number of hydrogen-bond donors (Lipinski definition) is 4. The minimum absolute atomic E-state index is 0.235. The van der Waals surface area contributed by atoms with Gasteiger partial charge in [0, 0.05) is 20.0 Å². The second kappa shape index (κ2) is 7.53. The predicted molar refractivity (Wildman–Crippen MR) is 126 cm³/mol. The van der Waals surface area contributed by atoms with Crippen LogP contribution in [0.4, 0.5) is 5.82 Å². The SMILES string of the molecule is CNC(=O)[C@]12CC1[C@@H](n1cnc3c(NC)nc(-n4cc(-c5ccc(Br)s5)nn4)nc31)C(O)[C@@H]2O. The van der Waals surface area contributed by atoms with E-state index in [2.05, 4.69) is 51.8 Å². The van der Waals surface area contributed by atoms with Gasteiger partial charge in [-0.2, -0.15) is 14.6 Å². The minimum atomic E-state index is -1.17. The van der Waals surface area contributed by atoms with E-state index in [1.807, 2.05) is 12.1 Å². The molecule has 14 heteroatoms. The number of aliphatic hydroxyl groups is 2. The molecule has 34 heavy (non-hydrogen) atoms. The van der Waals surface area contributed by atoms with Gasteiger partial charge in [-0.05, 0) is 34.5 Å². The van der Waals surface area contributed by atoms with Crippen LogP contribution in [0.25, 0.3) is 27.7 Å². The van der Waals surface area contributed by atoms with Crippen LogP contribution in [0, 0.1) is 11.3 Å². The quantitative estimate of drug-likeness (QED) is 0.287. The Kier molecular flexibility index (Phi) is 4.78. The number of rotatable bonds is 5. The summed E-state index contributed by atoms with van der Waals surface area (Å²) < 4.78 is 4.19. The third kappa shape index (κ3) is 2.88. The van der Waals surface area contributed by atoms with Gasteiger partial charge in [0.15, 0.2) is 17.0 Å². The summed E-state index contributed by atoms with van der Waals surface area (Å²) in [7, 11) is 3.26. The van der Waals surface area contributed by atoms with E-state index in [4.69, 9.17) is 0 Å². The average Bonchev–Trinajstić information content (AvgIpc) is 3.26. The molecule has 0 saturated heterocycles. The van der Waals surface area contributed by atoms with Gasteiger partial charge in [0.25, 0.3) is 5.95 Å². The van der Waals surface area contributed by atoms with Crippen molar-refractivity contribution in [2.75, 3.05) is 19.4 Å². The molecule has 0 radical (unpaired) electrons. The molecule has 1 amide bonds. The number of anilines is 1. The van der Waals surface area contributed by atoms with Crippen LogP contribution in [0.2, 0.25) is 0 Å². The van der Waals surface area contributed by atoms with Crippen molar-refractivity contribution in [1.82, 2.24) is 39.8 Å². The number of hydrogen-bond acceptors (Lipinski definition) is 10. The molecule has 12 nitrogen and oxygen atoms in total. The van der Waals surface area contributed by atoms with Crippen molar-refractivity contribution >= 4 is 50.2 Å². The molecule has 0 aliphatic heterocycles.